The number of hydrogen-bond acceptors (Lipinski definition) is 4. The molecule has 0 N–H and O–H groups in total. The average molecular weight is 253 g/mol. The van der Waals surface area contributed by atoms with Gasteiger partial charge in [0.1, 0.15) is 0 Å². The van der Waals surface area contributed by atoms with Crippen LogP contribution in [0.4, 0.5) is 13.2 Å². The Bertz CT molecular complexity index is 108. The molecule has 0 spiro atoms. The molecule has 13 heavy (non-hydrogen) atoms. The standard InChI is InChI=1S/2C2H4O2.CHF3.Zn/c2*1-2(3)4;2-1(3)4;/h2*1H3,(H,3,4);1H;/q;;;+2/p-2. The number of carbonyl (C=O) groups excluding carboxylic acids is 2. The maximum Gasteiger partial charge on any atom is 2.00 e. The minimum absolute atomic E-state index is 0. The van der Waals surface area contributed by atoms with Gasteiger partial charge in [0.25, 0.3) is 0 Å². The second-order valence-corrected chi connectivity index (χ2v) is 1.23. The molecule has 0 aromatic carbocycles. The van der Waals surface area contributed by atoms with Crippen LogP contribution in [0.1, 0.15) is 13.8 Å². The Morgan fingerprint density at radius 3 is 1.00 bits per heavy atom. The second-order valence-electron chi connectivity index (χ2n) is 1.23. The number of halogens is 3. The van der Waals surface area contributed by atoms with Crippen molar-refractivity contribution in [2.75, 3.05) is 0 Å². The minimum atomic E-state index is -3.67. The van der Waals surface area contributed by atoms with Crippen LogP contribution in [0.3, 0.4) is 0 Å². The summed E-state index contributed by atoms with van der Waals surface area (Å²) in [5, 5.41) is 17.8. The molecule has 8 heteroatoms. The molecular formula is C5H7F3O4Zn. The van der Waals surface area contributed by atoms with Gasteiger partial charge >= 0.3 is 26.2 Å². The summed E-state index contributed by atoms with van der Waals surface area (Å²) >= 11 is 0. The molecule has 0 rings (SSSR count). The predicted octanol–water partition coefficient (Wildman–Crippen LogP) is -1.31. The molecule has 0 fully saturated rings. The van der Waals surface area contributed by atoms with Crippen molar-refractivity contribution in [3.05, 3.63) is 0 Å². The van der Waals surface area contributed by atoms with E-state index in [2.05, 4.69) is 0 Å². The fraction of sp³-hybridized carbons (Fsp3) is 0.600. The zero-order chi connectivity index (χ0) is 10.7. The van der Waals surface area contributed by atoms with Crippen molar-refractivity contribution in [1.29, 1.82) is 0 Å². The molecule has 0 amide bonds. The smallest absolute Gasteiger partial charge is 0.550 e. The van der Waals surface area contributed by atoms with Gasteiger partial charge in [0.05, 0.1) is 0 Å². The van der Waals surface area contributed by atoms with E-state index >= 15 is 0 Å². The zero-order valence-corrected chi connectivity index (χ0v) is 10.0. The summed E-state index contributed by atoms with van der Waals surface area (Å²) < 4.78 is 29.0. The van der Waals surface area contributed by atoms with Gasteiger partial charge in [-0.15, -0.1) is 0 Å². The van der Waals surface area contributed by atoms with Crippen LogP contribution >= 0.6 is 0 Å². The van der Waals surface area contributed by atoms with Crippen LogP contribution < -0.4 is 10.2 Å². The van der Waals surface area contributed by atoms with Crippen LogP contribution in [0.15, 0.2) is 0 Å². The number of aliphatic carboxylic acids is 2. The van der Waals surface area contributed by atoms with Crippen molar-refractivity contribution in [2.45, 2.75) is 20.5 Å². The quantitative estimate of drug-likeness (QED) is 0.502. The molecule has 0 radical (unpaired) electrons. The van der Waals surface area contributed by atoms with Crippen LogP contribution in [0, 0.1) is 0 Å². The van der Waals surface area contributed by atoms with Crippen LogP contribution in [-0.2, 0) is 29.1 Å². The zero-order valence-electron chi connectivity index (χ0n) is 7.05. The second kappa shape index (κ2) is 17.4. The summed E-state index contributed by atoms with van der Waals surface area (Å²) in [6.07, 6.45) is 0. The Morgan fingerprint density at radius 1 is 1.00 bits per heavy atom. The SMILES string of the molecule is CC(=O)[O-].CC(=O)[O-].FC(F)F.[Zn+2]. The number of carboxylic acid groups (broad SMARTS) is 2. The first-order valence-electron chi connectivity index (χ1n) is 2.47. The van der Waals surface area contributed by atoms with Crippen LogP contribution in [0.2, 0.25) is 0 Å². The van der Waals surface area contributed by atoms with Gasteiger partial charge in [-0.1, -0.05) is 0 Å². The van der Waals surface area contributed by atoms with E-state index in [-0.39, 0.29) is 19.5 Å². The van der Waals surface area contributed by atoms with Gasteiger partial charge in [0.2, 0.25) is 0 Å². The van der Waals surface area contributed by atoms with Crippen molar-refractivity contribution in [3.63, 3.8) is 0 Å². The van der Waals surface area contributed by atoms with E-state index in [0.717, 1.165) is 13.8 Å². The molecule has 0 aromatic rings. The molecule has 0 aliphatic carbocycles. The van der Waals surface area contributed by atoms with Crippen LogP contribution in [0.25, 0.3) is 0 Å². The summed E-state index contributed by atoms with van der Waals surface area (Å²) in [6, 6.07) is 0. The molecule has 0 atom stereocenters. The normalized spacial score (nSPS) is 6.62. The van der Waals surface area contributed by atoms with Gasteiger partial charge in [-0.2, -0.15) is 13.2 Å². The molecule has 0 aromatic heterocycles. The number of carbonyl (C=O) groups is 2. The van der Waals surface area contributed by atoms with Crippen LogP contribution in [-0.4, -0.2) is 18.6 Å². The fourth-order valence-electron chi connectivity index (χ4n) is 0. The predicted molar refractivity (Wildman–Crippen MR) is 28.5 cm³/mol. The Kier molecular flexibility index (Phi) is 30.6. The first-order valence-corrected chi connectivity index (χ1v) is 2.47. The molecule has 0 unspecified atom stereocenters. The first-order chi connectivity index (χ1) is 5.20. The molecule has 0 saturated carbocycles. The van der Waals surface area contributed by atoms with E-state index in [9.17, 15) is 13.2 Å². The van der Waals surface area contributed by atoms with E-state index in [1.54, 1.807) is 0 Å². The summed E-state index contributed by atoms with van der Waals surface area (Å²) in [4.78, 5) is 17.8. The number of alkyl halides is 3. The number of rotatable bonds is 0. The third-order valence-electron chi connectivity index (χ3n) is 0. The third-order valence-corrected chi connectivity index (χ3v) is 0. The monoisotopic (exact) mass is 252 g/mol. The first kappa shape index (κ1) is 22.8. The third kappa shape index (κ3) is 2380. The van der Waals surface area contributed by atoms with Gasteiger partial charge in [-0.05, 0) is 13.8 Å². The van der Waals surface area contributed by atoms with Gasteiger partial charge in [0, 0.05) is 11.9 Å². The molecule has 0 saturated heterocycles. The Hall–Kier alpha value is -0.647. The Labute approximate surface area is 85.5 Å². The molecule has 74 valence electrons. The largest absolute Gasteiger partial charge is 2.00 e. The van der Waals surface area contributed by atoms with Crippen molar-refractivity contribution in [3.8, 4) is 0 Å². The number of carboxylic acids is 2. The summed E-state index contributed by atoms with van der Waals surface area (Å²) in [6.45, 7) is -1.72. The molecule has 0 aliphatic heterocycles. The minimum Gasteiger partial charge on any atom is -0.550 e. The van der Waals surface area contributed by atoms with Crippen molar-refractivity contribution in [2.24, 2.45) is 0 Å². The van der Waals surface area contributed by atoms with Crippen molar-refractivity contribution >= 4 is 11.9 Å². The van der Waals surface area contributed by atoms with Gasteiger partial charge in [-0.3, -0.25) is 0 Å². The van der Waals surface area contributed by atoms with E-state index in [4.69, 9.17) is 19.8 Å². The molecule has 0 aliphatic rings. The molecule has 0 bridgehead atoms. The molecule has 0 heterocycles. The van der Waals surface area contributed by atoms with Crippen molar-refractivity contribution < 1.29 is 52.5 Å². The van der Waals surface area contributed by atoms with Gasteiger partial charge < -0.3 is 19.8 Å². The van der Waals surface area contributed by atoms with E-state index < -0.39 is 18.6 Å². The summed E-state index contributed by atoms with van der Waals surface area (Å²) in [7, 11) is 0. The van der Waals surface area contributed by atoms with E-state index in [1.165, 1.54) is 0 Å². The Balaban J connectivity index is -0.0000000450. The fourth-order valence-corrected chi connectivity index (χ4v) is 0. The summed E-state index contributed by atoms with van der Waals surface area (Å²) in [5.41, 5.74) is 0. The van der Waals surface area contributed by atoms with E-state index in [0.29, 0.717) is 0 Å². The van der Waals surface area contributed by atoms with Gasteiger partial charge in [0.15, 0.2) is 0 Å². The van der Waals surface area contributed by atoms with Crippen molar-refractivity contribution in [1.82, 2.24) is 0 Å². The maximum atomic E-state index is 9.67. The Morgan fingerprint density at radius 2 is 1.00 bits per heavy atom. The van der Waals surface area contributed by atoms with Crippen LogP contribution in [0.5, 0.6) is 0 Å². The average Bonchev–Trinajstić information content (AvgIpc) is 1.54. The van der Waals surface area contributed by atoms with E-state index in [1.807, 2.05) is 0 Å². The molecular weight excluding hydrogens is 246 g/mol. The maximum absolute atomic E-state index is 9.67. The topological polar surface area (TPSA) is 80.3 Å². The number of hydrogen-bond donors (Lipinski definition) is 0. The van der Waals surface area contributed by atoms with Gasteiger partial charge in [-0.25, -0.2) is 0 Å². The summed E-state index contributed by atoms with van der Waals surface area (Å²) in [5.74, 6) is -2.17. The molecule has 4 nitrogen and oxygen atoms in total.